The molecule has 0 radical (unpaired) electrons. The second kappa shape index (κ2) is 5.64. The maximum Gasteiger partial charge on any atom is 0.0840 e. The first kappa shape index (κ1) is 13.3. The van der Waals surface area contributed by atoms with E-state index in [1.165, 1.54) is 12.8 Å². The SMILES string of the molecule is CC(C)[C@@H]1CC[C@@H](C)C[C@H]1C(=N)c1ccccn1. The van der Waals surface area contributed by atoms with Crippen LogP contribution in [0.15, 0.2) is 24.4 Å². The van der Waals surface area contributed by atoms with Gasteiger partial charge in [0, 0.05) is 12.1 Å². The minimum atomic E-state index is 0.392. The second-order valence-corrected chi connectivity index (χ2v) is 6.06. The molecule has 18 heavy (non-hydrogen) atoms. The lowest BCUT2D eigenvalue weighted by Gasteiger charge is -2.37. The van der Waals surface area contributed by atoms with Gasteiger partial charge in [-0.05, 0) is 42.7 Å². The largest absolute Gasteiger partial charge is 0.303 e. The molecule has 0 bridgehead atoms. The van der Waals surface area contributed by atoms with Gasteiger partial charge < -0.3 is 5.41 Å². The Morgan fingerprint density at radius 3 is 2.72 bits per heavy atom. The maximum atomic E-state index is 8.48. The first-order chi connectivity index (χ1) is 8.59. The first-order valence-corrected chi connectivity index (χ1v) is 7.09. The smallest absolute Gasteiger partial charge is 0.0840 e. The standard InChI is InChI=1S/C16H24N2/c1-11(2)13-8-7-12(3)10-14(13)16(17)15-6-4-5-9-18-15/h4-6,9,11-14,17H,7-8,10H2,1-3H3/t12-,13+,14-/m1/s1. The predicted molar refractivity (Wildman–Crippen MR) is 75.9 cm³/mol. The molecule has 0 aliphatic heterocycles. The van der Waals surface area contributed by atoms with E-state index in [4.69, 9.17) is 5.41 Å². The van der Waals surface area contributed by atoms with Crippen molar-refractivity contribution in [2.75, 3.05) is 0 Å². The van der Waals surface area contributed by atoms with E-state index in [1.807, 2.05) is 18.2 Å². The van der Waals surface area contributed by atoms with Crippen molar-refractivity contribution < 1.29 is 0 Å². The zero-order valence-corrected chi connectivity index (χ0v) is 11.7. The maximum absolute atomic E-state index is 8.48. The van der Waals surface area contributed by atoms with Gasteiger partial charge >= 0.3 is 0 Å². The molecule has 0 amide bonds. The van der Waals surface area contributed by atoms with Gasteiger partial charge in [0.2, 0.25) is 0 Å². The zero-order chi connectivity index (χ0) is 13.1. The molecule has 1 aliphatic carbocycles. The third kappa shape index (κ3) is 2.80. The van der Waals surface area contributed by atoms with Crippen molar-refractivity contribution in [3.05, 3.63) is 30.1 Å². The molecule has 1 saturated carbocycles. The molecule has 1 aromatic rings. The average Bonchev–Trinajstić information content (AvgIpc) is 2.38. The summed E-state index contributed by atoms with van der Waals surface area (Å²) in [5.74, 6) is 2.44. The summed E-state index contributed by atoms with van der Waals surface area (Å²) in [4.78, 5) is 4.35. The Morgan fingerprint density at radius 2 is 2.11 bits per heavy atom. The normalized spacial score (nSPS) is 28.3. The summed E-state index contributed by atoms with van der Waals surface area (Å²) in [7, 11) is 0. The summed E-state index contributed by atoms with van der Waals surface area (Å²) in [6.07, 6.45) is 5.52. The molecule has 1 heterocycles. The minimum Gasteiger partial charge on any atom is -0.303 e. The molecule has 3 atom stereocenters. The van der Waals surface area contributed by atoms with Crippen LogP contribution >= 0.6 is 0 Å². The third-order valence-electron chi connectivity index (χ3n) is 4.33. The highest BCUT2D eigenvalue weighted by molar-refractivity contribution is 5.98. The van der Waals surface area contributed by atoms with Crippen LogP contribution in [0.3, 0.4) is 0 Å². The van der Waals surface area contributed by atoms with Gasteiger partial charge in [0.25, 0.3) is 0 Å². The fraction of sp³-hybridized carbons (Fsp3) is 0.625. The molecule has 1 aromatic heterocycles. The molecule has 1 N–H and O–H groups in total. The number of hydrogen-bond donors (Lipinski definition) is 1. The Bertz CT molecular complexity index is 397. The number of nitrogens with one attached hydrogen (secondary N) is 1. The van der Waals surface area contributed by atoms with Crippen LogP contribution in [0.25, 0.3) is 0 Å². The van der Waals surface area contributed by atoms with E-state index >= 15 is 0 Å². The molecule has 0 unspecified atom stereocenters. The fourth-order valence-corrected chi connectivity index (χ4v) is 3.25. The minimum absolute atomic E-state index is 0.392. The molecular formula is C16H24N2. The molecule has 0 aromatic carbocycles. The Labute approximate surface area is 110 Å². The number of nitrogens with zero attached hydrogens (tertiary/aromatic N) is 1. The quantitative estimate of drug-likeness (QED) is 0.796. The molecule has 1 aliphatic rings. The van der Waals surface area contributed by atoms with E-state index in [0.717, 1.165) is 23.7 Å². The highest BCUT2D eigenvalue weighted by Crippen LogP contribution is 2.39. The van der Waals surface area contributed by atoms with E-state index < -0.39 is 0 Å². The van der Waals surface area contributed by atoms with Crippen molar-refractivity contribution in [3.8, 4) is 0 Å². The lowest BCUT2D eigenvalue weighted by Crippen LogP contribution is -2.33. The van der Waals surface area contributed by atoms with Crippen LogP contribution in [-0.4, -0.2) is 10.7 Å². The van der Waals surface area contributed by atoms with E-state index in [-0.39, 0.29) is 0 Å². The molecule has 0 spiro atoms. The lowest BCUT2D eigenvalue weighted by molar-refractivity contribution is 0.191. The van der Waals surface area contributed by atoms with Gasteiger partial charge in [-0.25, -0.2) is 0 Å². The summed E-state index contributed by atoms with van der Waals surface area (Å²) in [5, 5.41) is 8.48. The Morgan fingerprint density at radius 1 is 1.33 bits per heavy atom. The second-order valence-electron chi connectivity index (χ2n) is 6.06. The van der Waals surface area contributed by atoms with Gasteiger partial charge in [-0.15, -0.1) is 0 Å². The highest BCUT2D eigenvalue weighted by Gasteiger charge is 2.34. The van der Waals surface area contributed by atoms with Crippen molar-refractivity contribution in [2.24, 2.45) is 23.7 Å². The number of rotatable bonds is 3. The van der Waals surface area contributed by atoms with Gasteiger partial charge in [0.05, 0.1) is 11.4 Å². The number of hydrogen-bond acceptors (Lipinski definition) is 2. The van der Waals surface area contributed by atoms with Gasteiger partial charge in [0.1, 0.15) is 0 Å². The molecular weight excluding hydrogens is 220 g/mol. The summed E-state index contributed by atoms with van der Waals surface area (Å²) >= 11 is 0. The van der Waals surface area contributed by atoms with E-state index in [1.54, 1.807) is 6.20 Å². The van der Waals surface area contributed by atoms with Crippen LogP contribution in [0.4, 0.5) is 0 Å². The molecule has 2 rings (SSSR count). The van der Waals surface area contributed by atoms with Crippen LogP contribution < -0.4 is 0 Å². The van der Waals surface area contributed by atoms with Crippen molar-refractivity contribution in [3.63, 3.8) is 0 Å². The van der Waals surface area contributed by atoms with Crippen molar-refractivity contribution in [2.45, 2.75) is 40.0 Å². The van der Waals surface area contributed by atoms with Crippen LogP contribution in [0, 0.1) is 29.1 Å². The fourth-order valence-electron chi connectivity index (χ4n) is 3.25. The zero-order valence-electron chi connectivity index (χ0n) is 11.7. The predicted octanol–water partition coefficient (Wildman–Crippen LogP) is 4.16. The van der Waals surface area contributed by atoms with Crippen LogP contribution in [0.2, 0.25) is 0 Å². The molecule has 2 nitrogen and oxygen atoms in total. The van der Waals surface area contributed by atoms with Crippen molar-refractivity contribution in [1.82, 2.24) is 4.98 Å². The van der Waals surface area contributed by atoms with Crippen LogP contribution in [-0.2, 0) is 0 Å². The molecule has 1 fully saturated rings. The van der Waals surface area contributed by atoms with Crippen LogP contribution in [0.1, 0.15) is 45.7 Å². The molecule has 98 valence electrons. The third-order valence-corrected chi connectivity index (χ3v) is 4.33. The van der Waals surface area contributed by atoms with Crippen molar-refractivity contribution >= 4 is 5.71 Å². The van der Waals surface area contributed by atoms with E-state index in [9.17, 15) is 0 Å². The first-order valence-electron chi connectivity index (χ1n) is 7.09. The lowest BCUT2D eigenvalue weighted by atomic mass is 9.68. The van der Waals surface area contributed by atoms with Crippen molar-refractivity contribution in [1.29, 1.82) is 5.41 Å². The van der Waals surface area contributed by atoms with Gasteiger partial charge in [-0.1, -0.05) is 33.3 Å². The summed E-state index contributed by atoms with van der Waals surface area (Å²) in [6.45, 7) is 6.90. The van der Waals surface area contributed by atoms with E-state index in [0.29, 0.717) is 17.8 Å². The number of pyridine rings is 1. The van der Waals surface area contributed by atoms with Gasteiger partial charge in [0.15, 0.2) is 0 Å². The number of aromatic nitrogens is 1. The Balaban J connectivity index is 2.20. The topological polar surface area (TPSA) is 36.7 Å². The monoisotopic (exact) mass is 244 g/mol. The summed E-state index contributed by atoms with van der Waals surface area (Å²) in [6, 6.07) is 5.87. The van der Waals surface area contributed by atoms with Gasteiger partial charge in [-0.3, -0.25) is 4.98 Å². The molecule has 2 heteroatoms. The van der Waals surface area contributed by atoms with Gasteiger partial charge in [-0.2, -0.15) is 0 Å². The Hall–Kier alpha value is -1.18. The van der Waals surface area contributed by atoms with Crippen LogP contribution in [0.5, 0.6) is 0 Å². The average molecular weight is 244 g/mol. The Kier molecular flexibility index (Phi) is 4.15. The summed E-state index contributed by atoms with van der Waals surface area (Å²) < 4.78 is 0. The van der Waals surface area contributed by atoms with E-state index in [2.05, 4.69) is 25.8 Å². The highest BCUT2D eigenvalue weighted by atomic mass is 14.7. The summed E-state index contributed by atoms with van der Waals surface area (Å²) in [5.41, 5.74) is 1.61. The molecule has 0 saturated heterocycles.